The van der Waals surface area contributed by atoms with Gasteiger partial charge in [-0.3, -0.25) is 0 Å². The summed E-state index contributed by atoms with van der Waals surface area (Å²) in [6.45, 7) is 4.17. The third-order valence-corrected chi connectivity index (χ3v) is 3.33. The van der Waals surface area contributed by atoms with Crippen LogP contribution in [0.3, 0.4) is 0 Å². The predicted molar refractivity (Wildman–Crippen MR) is 67.5 cm³/mol. The van der Waals surface area contributed by atoms with E-state index in [-0.39, 0.29) is 5.97 Å². The number of rotatable bonds is 3. The summed E-state index contributed by atoms with van der Waals surface area (Å²) >= 11 is 6.77. The fourth-order valence-corrected chi connectivity index (χ4v) is 2.39. The first-order chi connectivity index (χ1) is 7.10. The second-order valence-electron chi connectivity index (χ2n) is 3.11. The van der Waals surface area contributed by atoms with E-state index in [1.54, 1.807) is 6.92 Å². The van der Waals surface area contributed by atoms with E-state index in [9.17, 15) is 4.79 Å². The first-order valence-electron chi connectivity index (χ1n) is 4.62. The number of carbonyl (C=O) groups excluding carboxylic acids is 1. The van der Waals surface area contributed by atoms with Gasteiger partial charge in [-0.2, -0.15) is 0 Å². The second kappa shape index (κ2) is 5.66. The van der Waals surface area contributed by atoms with Gasteiger partial charge < -0.3 is 4.74 Å². The van der Waals surface area contributed by atoms with Crippen LogP contribution in [0, 0.1) is 6.92 Å². The highest BCUT2D eigenvalue weighted by Gasteiger charge is 2.12. The topological polar surface area (TPSA) is 26.3 Å². The molecule has 0 radical (unpaired) electrons. The van der Waals surface area contributed by atoms with Crippen LogP contribution in [0.5, 0.6) is 0 Å². The molecule has 0 aromatic heterocycles. The number of hydrogen-bond donors (Lipinski definition) is 0. The van der Waals surface area contributed by atoms with Crippen LogP contribution in [0.25, 0.3) is 0 Å². The Morgan fingerprint density at radius 3 is 2.67 bits per heavy atom. The fourth-order valence-electron chi connectivity index (χ4n) is 1.23. The minimum atomic E-state index is -0.284. The van der Waals surface area contributed by atoms with Crippen molar-refractivity contribution < 1.29 is 9.53 Å². The van der Waals surface area contributed by atoms with Crippen LogP contribution in [0.1, 0.15) is 28.4 Å². The Morgan fingerprint density at radius 1 is 1.47 bits per heavy atom. The lowest BCUT2D eigenvalue weighted by molar-refractivity contribution is 0.0525. The third-order valence-electron chi connectivity index (χ3n) is 2.06. The number of hydrogen-bond acceptors (Lipinski definition) is 2. The second-order valence-corrected chi connectivity index (χ2v) is 4.53. The summed E-state index contributed by atoms with van der Waals surface area (Å²) in [5.41, 5.74) is 2.83. The van der Waals surface area contributed by atoms with Crippen molar-refractivity contribution in [1.82, 2.24) is 0 Å². The van der Waals surface area contributed by atoms with E-state index in [1.165, 1.54) is 0 Å². The van der Waals surface area contributed by atoms with Gasteiger partial charge in [0.2, 0.25) is 0 Å². The molecule has 0 saturated heterocycles. The highest BCUT2D eigenvalue weighted by molar-refractivity contribution is 9.10. The molecule has 0 aliphatic heterocycles. The maximum atomic E-state index is 11.6. The van der Waals surface area contributed by atoms with Crippen molar-refractivity contribution in [3.05, 3.63) is 33.3 Å². The number of aryl methyl sites for hydroxylation is 1. The lowest BCUT2D eigenvalue weighted by Crippen LogP contribution is -2.06. The van der Waals surface area contributed by atoms with E-state index in [0.717, 1.165) is 20.9 Å². The maximum absolute atomic E-state index is 11.6. The van der Waals surface area contributed by atoms with E-state index in [1.807, 2.05) is 19.1 Å². The summed E-state index contributed by atoms with van der Waals surface area (Å²) in [7, 11) is 0. The number of alkyl halides is 1. The standard InChI is InChI=1S/C11H12Br2O2/c1-3-15-11(14)9-4-7(2)8(6-12)5-10(9)13/h4-5H,3,6H2,1-2H3. The Morgan fingerprint density at radius 2 is 2.13 bits per heavy atom. The maximum Gasteiger partial charge on any atom is 0.339 e. The van der Waals surface area contributed by atoms with E-state index in [2.05, 4.69) is 31.9 Å². The largest absolute Gasteiger partial charge is 0.462 e. The molecule has 0 amide bonds. The van der Waals surface area contributed by atoms with Gasteiger partial charge in [0.1, 0.15) is 0 Å². The van der Waals surface area contributed by atoms with Crippen molar-refractivity contribution in [3.63, 3.8) is 0 Å². The Hall–Kier alpha value is -0.350. The van der Waals surface area contributed by atoms with Crippen molar-refractivity contribution in [1.29, 1.82) is 0 Å². The number of benzene rings is 1. The molecule has 0 unspecified atom stereocenters. The summed E-state index contributed by atoms with van der Waals surface area (Å²) < 4.78 is 5.74. The molecular weight excluding hydrogens is 324 g/mol. The highest BCUT2D eigenvalue weighted by Crippen LogP contribution is 2.24. The molecule has 0 saturated carbocycles. The van der Waals surface area contributed by atoms with Gasteiger partial charge in [0.25, 0.3) is 0 Å². The highest BCUT2D eigenvalue weighted by atomic mass is 79.9. The molecule has 1 aromatic carbocycles. The minimum absolute atomic E-state index is 0.284. The molecule has 15 heavy (non-hydrogen) atoms. The SMILES string of the molecule is CCOC(=O)c1cc(C)c(CBr)cc1Br. The summed E-state index contributed by atoms with van der Waals surface area (Å²) in [6.07, 6.45) is 0. The molecule has 0 heterocycles. The van der Waals surface area contributed by atoms with Crippen molar-refractivity contribution in [2.75, 3.05) is 6.61 Å². The Labute approximate surface area is 106 Å². The van der Waals surface area contributed by atoms with Crippen LogP contribution in [-0.4, -0.2) is 12.6 Å². The molecule has 0 N–H and O–H groups in total. The van der Waals surface area contributed by atoms with E-state index >= 15 is 0 Å². The molecule has 1 rings (SSSR count). The zero-order valence-electron chi connectivity index (χ0n) is 8.64. The first-order valence-corrected chi connectivity index (χ1v) is 6.53. The minimum Gasteiger partial charge on any atom is -0.462 e. The molecule has 0 spiro atoms. The third kappa shape index (κ3) is 3.05. The molecule has 0 atom stereocenters. The molecule has 0 fully saturated rings. The van der Waals surface area contributed by atoms with Crippen LogP contribution < -0.4 is 0 Å². The fraction of sp³-hybridized carbons (Fsp3) is 0.364. The zero-order valence-corrected chi connectivity index (χ0v) is 11.8. The lowest BCUT2D eigenvalue weighted by Gasteiger charge is -2.08. The Balaban J connectivity index is 3.10. The molecule has 0 aliphatic carbocycles. The molecule has 82 valence electrons. The first kappa shape index (κ1) is 12.7. The average Bonchev–Trinajstić information content (AvgIpc) is 2.21. The van der Waals surface area contributed by atoms with Crippen molar-refractivity contribution >= 4 is 37.8 Å². The van der Waals surface area contributed by atoms with E-state index in [0.29, 0.717) is 12.2 Å². The van der Waals surface area contributed by atoms with Gasteiger partial charge in [0, 0.05) is 9.80 Å². The number of carbonyl (C=O) groups is 1. The van der Waals surface area contributed by atoms with Gasteiger partial charge >= 0.3 is 5.97 Å². The average molecular weight is 336 g/mol. The number of ether oxygens (including phenoxy) is 1. The Bertz CT molecular complexity index is 375. The smallest absolute Gasteiger partial charge is 0.339 e. The van der Waals surface area contributed by atoms with Crippen LogP contribution in [0.15, 0.2) is 16.6 Å². The molecule has 2 nitrogen and oxygen atoms in total. The van der Waals surface area contributed by atoms with Crippen molar-refractivity contribution in [3.8, 4) is 0 Å². The lowest BCUT2D eigenvalue weighted by atomic mass is 10.1. The normalized spacial score (nSPS) is 10.1. The van der Waals surface area contributed by atoms with E-state index in [4.69, 9.17) is 4.74 Å². The molecule has 0 aliphatic rings. The van der Waals surface area contributed by atoms with Crippen LogP contribution >= 0.6 is 31.9 Å². The zero-order chi connectivity index (χ0) is 11.4. The van der Waals surface area contributed by atoms with Crippen molar-refractivity contribution in [2.45, 2.75) is 19.2 Å². The summed E-state index contributed by atoms with van der Waals surface area (Å²) in [5.74, 6) is -0.284. The quantitative estimate of drug-likeness (QED) is 0.620. The van der Waals surface area contributed by atoms with Gasteiger partial charge in [-0.15, -0.1) is 0 Å². The van der Waals surface area contributed by atoms with Crippen LogP contribution in [0.4, 0.5) is 0 Å². The molecule has 0 bridgehead atoms. The van der Waals surface area contributed by atoms with Gasteiger partial charge in [-0.25, -0.2) is 4.79 Å². The summed E-state index contributed by atoms with van der Waals surface area (Å²) in [4.78, 5) is 11.6. The summed E-state index contributed by atoms with van der Waals surface area (Å²) in [6, 6.07) is 3.79. The number of halogens is 2. The molecule has 1 aromatic rings. The van der Waals surface area contributed by atoms with Gasteiger partial charge in [0.15, 0.2) is 0 Å². The van der Waals surface area contributed by atoms with Gasteiger partial charge in [-0.1, -0.05) is 15.9 Å². The van der Waals surface area contributed by atoms with Crippen LogP contribution in [0.2, 0.25) is 0 Å². The molecule has 4 heteroatoms. The number of esters is 1. The van der Waals surface area contributed by atoms with Crippen molar-refractivity contribution in [2.24, 2.45) is 0 Å². The van der Waals surface area contributed by atoms with E-state index < -0.39 is 0 Å². The van der Waals surface area contributed by atoms with Gasteiger partial charge in [0.05, 0.1) is 12.2 Å². The molecular formula is C11H12Br2O2. The summed E-state index contributed by atoms with van der Waals surface area (Å²) in [5, 5.41) is 0.778. The van der Waals surface area contributed by atoms with Crippen LogP contribution in [-0.2, 0) is 10.1 Å². The predicted octanol–water partition coefficient (Wildman–Crippen LogP) is 3.83. The van der Waals surface area contributed by atoms with Gasteiger partial charge in [-0.05, 0) is 53.0 Å². The Kier molecular flexibility index (Phi) is 4.80. The monoisotopic (exact) mass is 334 g/mol.